The van der Waals surface area contributed by atoms with E-state index < -0.39 is 0 Å². The first-order chi connectivity index (χ1) is 10.2. The van der Waals surface area contributed by atoms with E-state index in [1.807, 2.05) is 13.1 Å². The Hall–Kier alpha value is -1.17. The standard InChI is InChI=1S/C15H21ClN4O/c1-11-7-13-15(17-9-11)20(14(8-16)18-13)12(2)10-19-3-5-21-6-4-19/h7,9,12H,3-6,8,10H2,1-2H3. The molecule has 3 heterocycles. The molecule has 0 amide bonds. The third kappa shape index (κ3) is 3.05. The second-order valence-corrected chi connectivity index (χ2v) is 5.92. The fourth-order valence-corrected chi connectivity index (χ4v) is 3.11. The van der Waals surface area contributed by atoms with Crippen LogP contribution in [0.1, 0.15) is 24.4 Å². The zero-order valence-corrected chi connectivity index (χ0v) is 13.3. The lowest BCUT2D eigenvalue weighted by Crippen LogP contribution is -2.39. The first kappa shape index (κ1) is 14.8. The Morgan fingerprint density at radius 2 is 2.14 bits per heavy atom. The Bertz CT molecular complexity index is 621. The fourth-order valence-electron chi connectivity index (χ4n) is 2.93. The van der Waals surface area contributed by atoms with Crippen molar-refractivity contribution in [2.75, 3.05) is 32.8 Å². The van der Waals surface area contributed by atoms with E-state index in [9.17, 15) is 0 Å². The zero-order chi connectivity index (χ0) is 14.8. The van der Waals surface area contributed by atoms with Gasteiger partial charge in [-0.05, 0) is 25.5 Å². The van der Waals surface area contributed by atoms with Gasteiger partial charge in [-0.3, -0.25) is 4.90 Å². The summed E-state index contributed by atoms with van der Waals surface area (Å²) in [5.74, 6) is 1.30. The summed E-state index contributed by atoms with van der Waals surface area (Å²) in [6, 6.07) is 2.35. The van der Waals surface area contributed by atoms with Gasteiger partial charge in [0, 0.05) is 31.9 Å². The number of pyridine rings is 1. The summed E-state index contributed by atoms with van der Waals surface area (Å²) >= 11 is 6.09. The van der Waals surface area contributed by atoms with E-state index >= 15 is 0 Å². The molecule has 0 N–H and O–H groups in total. The Kier molecular flexibility index (Phi) is 4.42. The molecule has 2 aromatic rings. The van der Waals surface area contributed by atoms with Gasteiger partial charge in [-0.15, -0.1) is 11.6 Å². The Morgan fingerprint density at radius 3 is 2.86 bits per heavy atom. The number of nitrogens with zero attached hydrogens (tertiary/aromatic N) is 4. The van der Waals surface area contributed by atoms with Crippen molar-refractivity contribution in [1.82, 2.24) is 19.4 Å². The number of halogens is 1. The SMILES string of the molecule is Cc1cnc2c(c1)nc(CCl)n2C(C)CN1CCOCC1. The molecule has 6 heteroatoms. The normalized spacial score (nSPS) is 18.2. The summed E-state index contributed by atoms with van der Waals surface area (Å²) in [7, 11) is 0. The van der Waals surface area contributed by atoms with Crippen LogP contribution in [0.15, 0.2) is 12.3 Å². The third-order valence-electron chi connectivity index (χ3n) is 3.93. The summed E-state index contributed by atoms with van der Waals surface area (Å²) in [5.41, 5.74) is 2.98. The van der Waals surface area contributed by atoms with Gasteiger partial charge in [-0.1, -0.05) is 0 Å². The van der Waals surface area contributed by atoms with Crippen LogP contribution in [0, 0.1) is 6.92 Å². The highest BCUT2D eigenvalue weighted by molar-refractivity contribution is 6.16. The number of rotatable bonds is 4. The van der Waals surface area contributed by atoms with Gasteiger partial charge in [-0.25, -0.2) is 9.97 Å². The lowest BCUT2D eigenvalue weighted by Gasteiger charge is -2.30. The molecule has 5 nitrogen and oxygen atoms in total. The molecule has 1 unspecified atom stereocenters. The number of morpholine rings is 1. The van der Waals surface area contributed by atoms with E-state index in [0.717, 1.165) is 55.4 Å². The molecule has 0 aromatic carbocycles. The molecule has 114 valence electrons. The molecule has 0 radical (unpaired) electrons. The van der Waals surface area contributed by atoms with Gasteiger partial charge in [-0.2, -0.15) is 0 Å². The molecule has 0 spiro atoms. The van der Waals surface area contributed by atoms with Crippen molar-refractivity contribution >= 4 is 22.8 Å². The lowest BCUT2D eigenvalue weighted by atomic mass is 10.2. The average Bonchev–Trinajstić information content (AvgIpc) is 2.85. The van der Waals surface area contributed by atoms with Gasteiger partial charge in [0.05, 0.1) is 19.1 Å². The minimum atomic E-state index is 0.289. The molecule has 1 fully saturated rings. The molecule has 0 aliphatic carbocycles. The Morgan fingerprint density at radius 1 is 1.38 bits per heavy atom. The summed E-state index contributed by atoms with van der Waals surface area (Å²) in [5, 5.41) is 0. The van der Waals surface area contributed by atoms with E-state index in [-0.39, 0.29) is 6.04 Å². The van der Waals surface area contributed by atoms with E-state index in [1.165, 1.54) is 0 Å². The highest BCUT2D eigenvalue weighted by atomic mass is 35.5. The largest absolute Gasteiger partial charge is 0.379 e. The van der Waals surface area contributed by atoms with Crippen molar-refractivity contribution in [2.24, 2.45) is 0 Å². The highest BCUT2D eigenvalue weighted by Gasteiger charge is 2.20. The maximum absolute atomic E-state index is 6.09. The van der Waals surface area contributed by atoms with Crippen molar-refractivity contribution < 1.29 is 4.74 Å². The lowest BCUT2D eigenvalue weighted by molar-refractivity contribution is 0.0326. The smallest absolute Gasteiger partial charge is 0.160 e. The van der Waals surface area contributed by atoms with Crippen LogP contribution in [0.2, 0.25) is 0 Å². The van der Waals surface area contributed by atoms with Gasteiger partial charge < -0.3 is 9.30 Å². The Balaban J connectivity index is 1.90. The van der Waals surface area contributed by atoms with E-state index in [4.69, 9.17) is 16.3 Å². The minimum Gasteiger partial charge on any atom is -0.379 e. The highest BCUT2D eigenvalue weighted by Crippen LogP contribution is 2.22. The van der Waals surface area contributed by atoms with Crippen LogP contribution in [0.5, 0.6) is 0 Å². The van der Waals surface area contributed by atoms with Crippen molar-refractivity contribution in [2.45, 2.75) is 25.8 Å². The summed E-state index contributed by atoms with van der Waals surface area (Å²) in [4.78, 5) is 11.6. The minimum absolute atomic E-state index is 0.289. The molecule has 2 aromatic heterocycles. The number of hydrogen-bond acceptors (Lipinski definition) is 4. The summed E-state index contributed by atoms with van der Waals surface area (Å²) in [6.07, 6.45) is 1.89. The third-order valence-corrected chi connectivity index (χ3v) is 4.17. The van der Waals surface area contributed by atoms with E-state index in [2.05, 4.69) is 32.4 Å². The van der Waals surface area contributed by atoms with Crippen molar-refractivity contribution in [1.29, 1.82) is 0 Å². The molecule has 0 saturated carbocycles. The number of hydrogen-bond donors (Lipinski definition) is 0. The van der Waals surface area contributed by atoms with Gasteiger partial charge in [0.25, 0.3) is 0 Å². The fraction of sp³-hybridized carbons (Fsp3) is 0.600. The monoisotopic (exact) mass is 308 g/mol. The van der Waals surface area contributed by atoms with Crippen LogP contribution in [0.4, 0.5) is 0 Å². The first-order valence-electron chi connectivity index (χ1n) is 7.38. The van der Waals surface area contributed by atoms with Crippen LogP contribution >= 0.6 is 11.6 Å². The van der Waals surface area contributed by atoms with Crippen LogP contribution in [0.25, 0.3) is 11.2 Å². The molecule has 0 bridgehead atoms. The predicted molar refractivity (Wildman–Crippen MR) is 83.8 cm³/mol. The Labute approximate surface area is 129 Å². The van der Waals surface area contributed by atoms with Crippen LogP contribution in [0.3, 0.4) is 0 Å². The van der Waals surface area contributed by atoms with E-state index in [1.54, 1.807) is 0 Å². The maximum atomic E-state index is 6.09. The molecule has 1 aliphatic heterocycles. The van der Waals surface area contributed by atoms with Crippen LogP contribution < -0.4 is 0 Å². The maximum Gasteiger partial charge on any atom is 0.160 e. The summed E-state index contributed by atoms with van der Waals surface area (Å²) in [6.45, 7) is 8.80. The average molecular weight is 309 g/mol. The number of aromatic nitrogens is 3. The van der Waals surface area contributed by atoms with Crippen LogP contribution in [-0.4, -0.2) is 52.3 Å². The number of aryl methyl sites for hydroxylation is 1. The van der Waals surface area contributed by atoms with Gasteiger partial charge >= 0.3 is 0 Å². The topological polar surface area (TPSA) is 43.2 Å². The number of ether oxygens (including phenoxy) is 1. The van der Waals surface area contributed by atoms with Gasteiger partial charge in [0.1, 0.15) is 11.3 Å². The van der Waals surface area contributed by atoms with Crippen molar-refractivity contribution in [3.05, 3.63) is 23.7 Å². The molecule has 1 saturated heterocycles. The van der Waals surface area contributed by atoms with E-state index in [0.29, 0.717) is 5.88 Å². The van der Waals surface area contributed by atoms with Gasteiger partial charge in [0.15, 0.2) is 5.65 Å². The molecule has 21 heavy (non-hydrogen) atoms. The predicted octanol–water partition coefficient (Wildman–Crippen LogP) is 2.37. The summed E-state index contributed by atoms with van der Waals surface area (Å²) < 4.78 is 7.58. The number of imidazole rings is 1. The second kappa shape index (κ2) is 6.30. The molecule has 3 rings (SSSR count). The van der Waals surface area contributed by atoms with Crippen LogP contribution in [-0.2, 0) is 10.6 Å². The quantitative estimate of drug-likeness (QED) is 0.813. The zero-order valence-electron chi connectivity index (χ0n) is 12.5. The van der Waals surface area contributed by atoms with Crippen molar-refractivity contribution in [3.8, 4) is 0 Å². The van der Waals surface area contributed by atoms with Gasteiger partial charge in [0.2, 0.25) is 0 Å². The van der Waals surface area contributed by atoms with Crippen molar-refractivity contribution in [3.63, 3.8) is 0 Å². The second-order valence-electron chi connectivity index (χ2n) is 5.65. The first-order valence-corrected chi connectivity index (χ1v) is 7.92. The number of fused-ring (bicyclic) bond motifs is 1. The number of alkyl halides is 1. The molecule has 1 aliphatic rings. The molecule has 1 atom stereocenters. The molecular formula is C15H21ClN4O. The molecular weight excluding hydrogens is 288 g/mol.